The summed E-state index contributed by atoms with van der Waals surface area (Å²) in [5.41, 5.74) is 8.28. The number of amides is 2. The Bertz CT molecular complexity index is 1500. The number of aliphatic hydroxyl groups is 1. The molecule has 189 valence electrons. The van der Waals surface area contributed by atoms with Crippen molar-refractivity contribution in [1.82, 2.24) is 24.2 Å². The fourth-order valence-electron chi connectivity index (χ4n) is 4.86. The summed E-state index contributed by atoms with van der Waals surface area (Å²) in [6.45, 7) is 3.47. The molecule has 1 aliphatic carbocycles. The number of halogens is 1. The Balaban J connectivity index is 1.56. The lowest BCUT2D eigenvalue weighted by molar-refractivity contribution is -0.127. The highest BCUT2D eigenvalue weighted by molar-refractivity contribution is 6.32. The lowest BCUT2D eigenvalue weighted by Gasteiger charge is -2.27. The maximum atomic E-state index is 12.5. The Morgan fingerprint density at radius 3 is 2.78 bits per heavy atom. The van der Waals surface area contributed by atoms with Crippen LogP contribution in [0.5, 0.6) is 0 Å². The van der Waals surface area contributed by atoms with E-state index in [2.05, 4.69) is 48.6 Å². The van der Waals surface area contributed by atoms with Crippen LogP contribution in [0.2, 0.25) is 5.02 Å². The lowest BCUT2D eigenvalue weighted by atomic mass is 10.1. The van der Waals surface area contributed by atoms with Crippen LogP contribution in [-0.4, -0.2) is 77.6 Å². The van der Waals surface area contributed by atoms with Crippen molar-refractivity contribution in [3.05, 3.63) is 53.0 Å². The fourth-order valence-corrected chi connectivity index (χ4v) is 5.63. The van der Waals surface area contributed by atoms with E-state index in [0.29, 0.717) is 28.9 Å². The highest BCUT2D eigenvalue weighted by atomic mass is 35.5. The predicted octanol–water partition coefficient (Wildman–Crippen LogP) is 1.36. The number of hydrogen-bond donors (Lipinski definition) is 3. The van der Waals surface area contributed by atoms with Crippen LogP contribution in [0.4, 0.5) is 5.82 Å². The predicted molar refractivity (Wildman–Crippen MR) is 140 cm³/mol. The van der Waals surface area contributed by atoms with Crippen molar-refractivity contribution in [2.75, 3.05) is 25.5 Å². The van der Waals surface area contributed by atoms with Gasteiger partial charge < -0.3 is 25.6 Å². The molecule has 2 amide bonds. The summed E-state index contributed by atoms with van der Waals surface area (Å²) < 4.78 is 3.68. The number of nitrogens with one attached hydrogen (secondary N) is 1. The molecule has 12 heteroatoms. The fraction of sp³-hybridized carbons (Fsp3) is 0.360. The zero-order valence-corrected chi connectivity index (χ0v) is 21.9. The monoisotopic (exact) mass is 534 g/mol. The first kappa shape index (κ1) is 25.1. The number of hydrogen-bond acceptors (Lipinski definition) is 6. The van der Waals surface area contributed by atoms with Crippen molar-refractivity contribution < 1.29 is 14.7 Å². The van der Waals surface area contributed by atoms with Gasteiger partial charge in [0.1, 0.15) is 11.4 Å². The summed E-state index contributed by atoms with van der Waals surface area (Å²) in [5.74, 6) is 5.28. The average Bonchev–Trinajstić information content (AvgIpc) is 3.37. The molecule has 3 heterocycles. The number of aliphatic hydroxyl groups excluding tert-OH is 1. The Morgan fingerprint density at radius 1 is 1.41 bits per heavy atom. The number of carbonyl (C=O) groups excluding carboxylic acids is 2. The number of nitrogens with two attached hydrogens (primary N) is 1. The minimum atomic E-state index is -0.930. The molecule has 1 saturated carbocycles. The summed E-state index contributed by atoms with van der Waals surface area (Å²) in [7, 11) is 5.41. The first-order chi connectivity index (χ1) is 17.7. The molecule has 0 unspecified atom stereocenters. The minimum absolute atomic E-state index is 0.108. The number of benzene rings is 1. The van der Waals surface area contributed by atoms with Gasteiger partial charge in [0, 0.05) is 25.2 Å². The van der Waals surface area contributed by atoms with Crippen molar-refractivity contribution in [3.8, 4) is 11.8 Å². The molecule has 1 aliphatic heterocycles. The van der Waals surface area contributed by atoms with E-state index in [0.717, 1.165) is 23.9 Å². The second-order valence-corrected chi connectivity index (χ2v) is 10.6. The molecule has 3 aromatic rings. The van der Waals surface area contributed by atoms with Gasteiger partial charge in [0.25, 0.3) is 5.91 Å². The molecule has 10 nitrogen and oxygen atoms in total. The van der Waals surface area contributed by atoms with Crippen molar-refractivity contribution >= 4 is 50.5 Å². The molecular weight excluding hydrogens is 510 g/mol. The van der Waals surface area contributed by atoms with Gasteiger partial charge in [-0.3, -0.25) is 9.59 Å². The van der Waals surface area contributed by atoms with Gasteiger partial charge in [0.05, 0.1) is 50.4 Å². The van der Waals surface area contributed by atoms with E-state index < -0.39 is 17.1 Å². The number of imidazole rings is 1. The number of aromatic nitrogens is 4. The van der Waals surface area contributed by atoms with Crippen LogP contribution in [-0.2, 0) is 9.96 Å². The molecule has 4 N–H and O–H groups in total. The summed E-state index contributed by atoms with van der Waals surface area (Å²) in [6.07, 6.45) is 5.60. The van der Waals surface area contributed by atoms with E-state index >= 15 is 0 Å². The number of fused-ring (bicyclic) bond motifs is 1. The standard InChI is InChI=1S/C25H25ClN7O3Si/c1-3-21(35)31-12-25(37,10-16(31)11-34)33-24(28-2)22(23(27)36)18(30-33)7-4-14-8-19-20(9-17(14)26)32(13-29-19)15-5-6-15/h3,8-9,13,15-16,28,34H,1,5-6,10-12H2,2H3,(H2,27,36)/t16-,25-/m1/s1. The van der Waals surface area contributed by atoms with E-state index in [1.54, 1.807) is 11.7 Å². The zero-order chi connectivity index (χ0) is 26.5. The Morgan fingerprint density at radius 2 is 2.16 bits per heavy atom. The maximum absolute atomic E-state index is 12.5. The van der Waals surface area contributed by atoms with Crippen molar-refractivity contribution in [1.29, 1.82) is 0 Å². The van der Waals surface area contributed by atoms with Gasteiger partial charge in [-0.1, -0.05) is 24.1 Å². The average molecular weight is 535 g/mol. The van der Waals surface area contributed by atoms with E-state index in [1.165, 1.54) is 11.0 Å². The molecule has 0 spiro atoms. The number of likely N-dealkylation sites (tertiary alicyclic amines) is 1. The summed E-state index contributed by atoms with van der Waals surface area (Å²) in [6, 6.07) is 3.67. The van der Waals surface area contributed by atoms with E-state index in [9.17, 15) is 14.7 Å². The maximum Gasteiger partial charge on any atom is 0.255 e. The van der Waals surface area contributed by atoms with Crippen molar-refractivity contribution in [2.45, 2.75) is 36.5 Å². The third-order valence-electron chi connectivity index (χ3n) is 6.81. The van der Waals surface area contributed by atoms with E-state index in [4.69, 9.17) is 17.3 Å². The first-order valence-electron chi connectivity index (χ1n) is 11.8. The highest BCUT2D eigenvalue weighted by Gasteiger charge is 2.45. The molecule has 5 rings (SSSR count). The third kappa shape index (κ3) is 4.31. The lowest BCUT2D eigenvalue weighted by Crippen LogP contribution is -2.41. The number of nitrogens with zero attached hydrogens (tertiary/aromatic N) is 5. The largest absolute Gasteiger partial charge is 0.394 e. The summed E-state index contributed by atoms with van der Waals surface area (Å²) >= 11 is 6.56. The third-order valence-corrected chi connectivity index (χ3v) is 7.69. The molecule has 2 aliphatic rings. The van der Waals surface area contributed by atoms with Crippen LogP contribution in [0.1, 0.15) is 46.9 Å². The molecule has 1 aromatic carbocycles. The van der Waals surface area contributed by atoms with Crippen LogP contribution >= 0.6 is 11.6 Å². The van der Waals surface area contributed by atoms with Gasteiger partial charge >= 0.3 is 0 Å². The summed E-state index contributed by atoms with van der Waals surface area (Å²) in [4.78, 5) is 30.9. The van der Waals surface area contributed by atoms with Gasteiger partial charge in [-0.15, -0.1) is 0 Å². The molecular formula is C25H25ClN7O3Si. The van der Waals surface area contributed by atoms with Crippen LogP contribution in [0.25, 0.3) is 11.0 Å². The van der Waals surface area contributed by atoms with Crippen molar-refractivity contribution in [2.24, 2.45) is 5.73 Å². The zero-order valence-electron chi connectivity index (χ0n) is 20.2. The van der Waals surface area contributed by atoms with Crippen LogP contribution < -0.4 is 11.1 Å². The summed E-state index contributed by atoms with van der Waals surface area (Å²) in [5, 5.41) is 17.0. The number of carbonyl (C=O) groups is 2. The number of primary amides is 1. The topological polar surface area (TPSA) is 131 Å². The molecule has 3 radical (unpaired) electrons. The second-order valence-electron chi connectivity index (χ2n) is 9.29. The van der Waals surface area contributed by atoms with Gasteiger partial charge in [-0.05, 0) is 43.4 Å². The van der Waals surface area contributed by atoms with Crippen LogP contribution in [0, 0.1) is 11.8 Å². The first-order valence-corrected chi connectivity index (χ1v) is 12.7. The Kier molecular flexibility index (Phi) is 6.35. The minimum Gasteiger partial charge on any atom is -0.394 e. The van der Waals surface area contributed by atoms with Crippen molar-refractivity contribution in [3.63, 3.8) is 0 Å². The quantitative estimate of drug-likeness (QED) is 0.249. The molecule has 2 atom stereocenters. The van der Waals surface area contributed by atoms with Gasteiger partial charge in [0.2, 0.25) is 5.91 Å². The van der Waals surface area contributed by atoms with E-state index in [-0.39, 0.29) is 30.3 Å². The van der Waals surface area contributed by atoms with E-state index in [1.807, 2.05) is 18.5 Å². The highest BCUT2D eigenvalue weighted by Crippen LogP contribution is 2.38. The second kappa shape index (κ2) is 9.37. The van der Waals surface area contributed by atoms with Crippen LogP contribution in [0.15, 0.2) is 31.1 Å². The molecule has 1 saturated heterocycles. The SMILES string of the molecule is C=CC(=O)N1C[C@@]([Si])(n2nc(C#Cc3cc4ncn(C5CC5)c4cc3Cl)c(C(N)=O)c2NC)C[C@@H]1CO. The van der Waals surface area contributed by atoms with Gasteiger partial charge in [0.15, 0.2) is 5.69 Å². The van der Waals surface area contributed by atoms with Crippen LogP contribution in [0.3, 0.4) is 0 Å². The smallest absolute Gasteiger partial charge is 0.255 e. The number of anilines is 1. The number of rotatable bonds is 6. The molecule has 2 fully saturated rings. The Hall–Kier alpha value is -3.59. The van der Waals surface area contributed by atoms with Gasteiger partial charge in [-0.25, -0.2) is 9.67 Å². The molecule has 2 aromatic heterocycles. The molecule has 0 bridgehead atoms. The molecule has 37 heavy (non-hydrogen) atoms. The Labute approximate surface area is 221 Å². The van der Waals surface area contributed by atoms with Gasteiger partial charge in [-0.2, -0.15) is 5.10 Å². The normalized spacial score (nSPS) is 21.1.